The molecule has 0 radical (unpaired) electrons. The molecule has 118 valence electrons. The monoisotopic (exact) mass is 297 g/mol. The van der Waals surface area contributed by atoms with Gasteiger partial charge in [0.05, 0.1) is 6.54 Å². The van der Waals surface area contributed by atoms with E-state index >= 15 is 0 Å². The van der Waals surface area contributed by atoms with Crippen LogP contribution in [0, 0.1) is 0 Å². The number of carbonyl (C=O) groups excluding carboxylic acids is 2. The van der Waals surface area contributed by atoms with E-state index in [1.165, 1.54) is 4.90 Å². The molecule has 0 fully saturated rings. The number of nitrogens with two attached hydrogens (primary N) is 1. The number of rotatable bonds is 1. The fourth-order valence-electron chi connectivity index (χ4n) is 1.82. The van der Waals surface area contributed by atoms with Gasteiger partial charge in [0.15, 0.2) is 5.82 Å². The minimum Gasteiger partial charge on any atom is -0.444 e. The van der Waals surface area contributed by atoms with Gasteiger partial charge in [-0.2, -0.15) is 0 Å². The second-order valence-corrected chi connectivity index (χ2v) is 5.36. The van der Waals surface area contributed by atoms with Crippen molar-refractivity contribution in [3.05, 3.63) is 11.6 Å². The Balaban J connectivity index is 0.00000106. The highest BCUT2D eigenvalue weighted by molar-refractivity contribution is 5.89. The van der Waals surface area contributed by atoms with E-state index in [4.69, 9.17) is 10.5 Å². The van der Waals surface area contributed by atoms with Gasteiger partial charge in [0.1, 0.15) is 5.60 Å². The van der Waals surface area contributed by atoms with Gasteiger partial charge in [-0.1, -0.05) is 13.8 Å². The number of fused-ring (bicyclic) bond motifs is 1. The lowest BCUT2D eigenvalue weighted by molar-refractivity contribution is 0.0195. The number of primary amides is 1. The van der Waals surface area contributed by atoms with Crippen molar-refractivity contribution < 1.29 is 14.3 Å². The quantitative estimate of drug-likeness (QED) is 0.837. The Morgan fingerprint density at radius 3 is 2.33 bits per heavy atom. The van der Waals surface area contributed by atoms with Crippen molar-refractivity contribution in [2.24, 2.45) is 5.73 Å². The highest BCUT2D eigenvalue weighted by atomic mass is 16.6. The van der Waals surface area contributed by atoms with E-state index in [2.05, 4.69) is 10.2 Å². The van der Waals surface area contributed by atoms with Crippen molar-refractivity contribution in [3.63, 3.8) is 0 Å². The van der Waals surface area contributed by atoms with Crippen LogP contribution >= 0.6 is 0 Å². The summed E-state index contributed by atoms with van der Waals surface area (Å²) in [6.07, 6.45) is -0.401. The van der Waals surface area contributed by atoms with E-state index < -0.39 is 17.6 Å². The Morgan fingerprint density at radius 2 is 1.81 bits per heavy atom. The number of hydrogen-bond donors (Lipinski definition) is 1. The lowest BCUT2D eigenvalue weighted by Gasteiger charge is -2.30. The molecule has 1 aliphatic heterocycles. The molecule has 0 spiro atoms. The molecule has 0 bridgehead atoms. The summed E-state index contributed by atoms with van der Waals surface area (Å²) >= 11 is 0. The molecule has 2 rings (SSSR count). The van der Waals surface area contributed by atoms with E-state index in [1.807, 2.05) is 34.6 Å². The van der Waals surface area contributed by atoms with Crippen molar-refractivity contribution in [3.8, 4) is 0 Å². The molecule has 1 aromatic rings. The Kier molecular flexibility index (Phi) is 5.28. The third kappa shape index (κ3) is 4.17. The van der Waals surface area contributed by atoms with Crippen LogP contribution in [0.25, 0.3) is 0 Å². The van der Waals surface area contributed by atoms with Crippen LogP contribution in [0.1, 0.15) is 51.1 Å². The second kappa shape index (κ2) is 6.55. The van der Waals surface area contributed by atoms with E-state index in [0.717, 1.165) is 0 Å². The lowest BCUT2D eigenvalue weighted by atomic mass is 10.2. The smallest absolute Gasteiger partial charge is 0.410 e. The molecular formula is C13H23N5O3. The van der Waals surface area contributed by atoms with E-state index in [9.17, 15) is 9.59 Å². The minimum absolute atomic E-state index is 0.124. The predicted octanol–water partition coefficient (Wildman–Crippen LogP) is 1.15. The molecule has 0 saturated carbocycles. The van der Waals surface area contributed by atoms with Crippen molar-refractivity contribution >= 4 is 12.0 Å². The van der Waals surface area contributed by atoms with Crippen LogP contribution in [0.5, 0.6) is 0 Å². The topological polar surface area (TPSA) is 103 Å². The van der Waals surface area contributed by atoms with Crippen LogP contribution in [0.4, 0.5) is 4.79 Å². The van der Waals surface area contributed by atoms with Crippen LogP contribution < -0.4 is 5.73 Å². The van der Waals surface area contributed by atoms with Gasteiger partial charge in [-0.15, -0.1) is 10.2 Å². The van der Waals surface area contributed by atoms with Crippen molar-refractivity contribution in [2.45, 2.75) is 53.3 Å². The van der Waals surface area contributed by atoms with Crippen LogP contribution in [-0.4, -0.2) is 43.8 Å². The number of amides is 2. The highest BCUT2D eigenvalue weighted by Crippen LogP contribution is 2.16. The first-order valence-electron chi connectivity index (χ1n) is 6.98. The van der Waals surface area contributed by atoms with Gasteiger partial charge in [-0.3, -0.25) is 9.69 Å². The average Bonchev–Trinajstić information content (AvgIpc) is 2.82. The van der Waals surface area contributed by atoms with E-state index in [0.29, 0.717) is 18.9 Å². The summed E-state index contributed by atoms with van der Waals surface area (Å²) in [7, 11) is 0. The maximum atomic E-state index is 11.9. The molecule has 0 atom stereocenters. The minimum atomic E-state index is -0.621. The molecule has 1 aromatic heterocycles. The predicted molar refractivity (Wildman–Crippen MR) is 76.5 cm³/mol. The van der Waals surface area contributed by atoms with Gasteiger partial charge in [0.25, 0.3) is 5.91 Å². The number of carbonyl (C=O) groups is 2. The fourth-order valence-corrected chi connectivity index (χ4v) is 1.82. The zero-order valence-corrected chi connectivity index (χ0v) is 13.2. The van der Waals surface area contributed by atoms with Gasteiger partial charge in [-0.25, -0.2) is 4.79 Å². The Bertz CT molecular complexity index is 518. The Hall–Kier alpha value is -2.12. The summed E-state index contributed by atoms with van der Waals surface area (Å²) in [5.74, 6) is 0.0363. The number of hydrogen-bond acceptors (Lipinski definition) is 5. The zero-order valence-electron chi connectivity index (χ0n) is 13.2. The van der Waals surface area contributed by atoms with E-state index in [1.54, 1.807) is 4.57 Å². The molecule has 0 unspecified atom stereocenters. The average molecular weight is 297 g/mol. The summed E-state index contributed by atoms with van der Waals surface area (Å²) < 4.78 is 6.91. The lowest BCUT2D eigenvalue weighted by Crippen LogP contribution is -2.42. The van der Waals surface area contributed by atoms with Gasteiger partial charge >= 0.3 is 6.09 Å². The van der Waals surface area contributed by atoms with Crippen LogP contribution in [-0.2, 0) is 17.8 Å². The van der Waals surface area contributed by atoms with E-state index in [-0.39, 0.29) is 12.4 Å². The summed E-state index contributed by atoms with van der Waals surface area (Å²) in [4.78, 5) is 24.6. The molecule has 21 heavy (non-hydrogen) atoms. The van der Waals surface area contributed by atoms with Crippen LogP contribution in [0.15, 0.2) is 0 Å². The van der Waals surface area contributed by atoms with Crippen LogP contribution in [0.3, 0.4) is 0 Å². The normalized spacial score (nSPS) is 13.9. The second-order valence-electron chi connectivity index (χ2n) is 5.36. The molecule has 2 amide bonds. The third-order valence-electron chi connectivity index (χ3n) is 2.63. The van der Waals surface area contributed by atoms with Gasteiger partial charge in [0, 0.05) is 13.1 Å². The number of ether oxygens (including phenoxy) is 1. The molecule has 0 aliphatic carbocycles. The summed E-state index contributed by atoms with van der Waals surface area (Å²) in [5.41, 5.74) is 4.65. The molecule has 8 nitrogen and oxygen atoms in total. The zero-order chi connectivity index (χ0) is 16.2. The molecular weight excluding hydrogens is 274 g/mol. The molecule has 2 N–H and O–H groups in total. The first-order valence-corrected chi connectivity index (χ1v) is 6.98. The summed E-state index contributed by atoms with van der Waals surface area (Å²) in [5, 5.41) is 7.60. The SMILES string of the molecule is CC.CC(C)(C)OC(=O)N1CCn2c(nnc2C(N)=O)C1. The van der Waals surface area contributed by atoms with Gasteiger partial charge < -0.3 is 15.0 Å². The maximum Gasteiger partial charge on any atom is 0.410 e. The first kappa shape index (κ1) is 16.9. The van der Waals surface area contributed by atoms with Crippen molar-refractivity contribution in [1.82, 2.24) is 19.7 Å². The number of nitrogens with zero attached hydrogens (tertiary/aromatic N) is 4. The molecule has 0 saturated heterocycles. The van der Waals surface area contributed by atoms with Gasteiger partial charge in [0.2, 0.25) is 5.82 Å². The number of aromatic nitrogens is 3. The highest BCUT2D eigenvalue weighted by Gasteiger charge is 2.28. The summed E-state index contributed by atoms with van der Waals surface area (Å²) in [6, 6.07) is 0. The first-order chi connectivity index (χ1) is 9.78. The van der Waals surface area contributed by atoms with Crippen molar-refractivity contribution in [1.29, 1.82) is 0 Å². The molecule has 0 aromatic carbocycles. The third-order valence-corrected chi connectivity index (χ3v) is 2.63. The summed E-state index contributed by atoms with van der Waals surface area (Å²) in [6.45, 7) is 10.5. The molecule has 2 heterocycles. The Labute approximate surface area is 124 Å². The van der Waals surface area contributed by atoms with Gasteiger partial charge in [-0.05, 0) is 20.8 Å². The largest absolute Gasteiger partial charge is 0.444 e. The fraction of sp³-hybridized carbons (Fsp3) is 0.692. The molecule has 8 heteroatoms. The standard InChI is InChI=1S/C11H17N5O3.C2H6/c1-11(2,3)19-10(18)15-4-5-16-7(6-15)13-14-9(16)8(12)17;1-2/h4-6H2,1-3H3,(H2,12,17);1-2H3. The van der Waals surface area contributed by atoms with Crippen LogP contribution in [0.2, 0.25) is 0 Å². The van der Waals surface area contributed by atoms with Crippen molar-refractivity contribution in [2.75, 3.05) is 6.54 Å². The molecule has 1 aliphatic rings. The Morgan fingerprint density at radius 1 is 1.19 bits per heavy atom. The maximum absolute atomic E-state index is 11.9.